The first-order valence-corrected chi connectivity index (χ1v) is 6.99. The molecule has 1 heterocycles. The molecule has 1 aromatic carbocycles. The van der Waals surface area contributed by atoms with Crippen LogP contribution in [-0.4, -0.2) is 17.3 Å². The van der Waals surface area contributed by atoms with Crippen LogP contribution in [0.1, 0.15) is 37.9 Å². The Morgan fingerprint density at radius 2 is 2.05 bits per heavy atom. The van der Waals surface area contributed by atoms with Crippen molar-refractivity contribution in [3.8, 4) is 17.2 Å². The van der Waals surface area contributed by atoms with Gasteiger partial charge in [-0.05, 0) is 31.0 Å². The van der Waals surface area contributed by atoms with Crippen molar-refractivity contribution in [2.45, 2.75) is 37.6 Å². The van der Waals surface area contributed by atoms with Crippen LogP contribution < -0.4 is 10.5 Å². The maximum atomic E-state index is 6.42. The van der Waals surface area contributed by atoms with Gasteiger partial charge in [0.15, 0.2) is 5.82 Å². The van der Waals surface area contributed by atoms with E-state index in [9.17, 15) is 0 Å². The van der Waals surface area contributed by atoms with Gasteiger partial charge in [-0.1, -0.05) is 30.5 Å². The van der Waals surface area contributed by atoms with Gasteiger partial charge in [0.25, 0.3) is 5.89 Å². The van der Waals surface area contributed by atoms with E-state index < -0.39 is 5.54 Å². The number of aromatic nitrogens is 2. The lowest BCUT2D eigenvalue weighted by atomic mass is 9.82. The molecule has 2 aromatic rings. The zero-order chi connectivity index (χ0) is 14.0. The average Bonchev–Trinajstić information content (AvgIpc) is 2.99. The van der Waals surface area contributed by atoms with Crippen molar-refractivity contribution >= 4 is 0 Å². The zero-order valence-corrected chi connectivity index (χ0v) is 11.6. The molecule has 106 valence electrons. The molecule has 1 saturated carbocycles. The molecule has 3 rings (SSSR count). The molecule has 0 radical (unpaired) electrons. The quantitative estimate of drug-likeness (QED) is 0.930. The first kappa shape index (κ1) is 13.1. The number of hydrogen-bond donors (Lipinski definition) is 1. The highest BCUT2D eigenvalue weighted by Crippen LogP contribution is 2.34. The molecule has 0 saturated heterocycles. The molecule has 0 atom stereocenters. The van der Waals surface area contributed by atoms with Gasteiger partial charge in [0.1, 0.15) is 5.75 Å². The normalized spacial score (nSPS) is 17.9. The Bertz CT molecular complexity index is 588. The van der Waals surface area contributed by atoms with Crippen LogP contribution in [0.2, 0.25) is 0 Å². The van der Waals surface area contributed by atoms with Crippen molar-refractivity contribution in [3.63, 3.8) is 0 Å². The smallest absolute Gasteiger partial charge is 0.258 e. The first-order valence-electron chi connectivity index (χ1n) is 6.99. The minimum Gasteiger partial charge on any atom is -0.497 e. The van der Waals surface area contributed by atoms with Crippen LogP contribution in [0.3, 0.4) is 0 Å². The van der Waals surface area contributed by atoms with Crippen molar-refractivity contribution < 1.29 is 9.26 Å². The minimum absolute atomic E-state index is 0.432. The highest BCUT2D eigenvalue weighted by atomic mass is 16.5. The fourth-order valence-electron chi connectivity index (χ4n) is 2.71. The van der Waals surface area contributed by atoms with Gasteiger partial charge in [-0.2, -0.15) is 4.98 Å². The lowest BCUT2D eigenvalue weighted by Crippen LogP contribution is -2.39. The second-order valence-corrected chi connectivity index (χ2v) is 5.37. The number of hydrogen-bond acceptors (Lipinski definition) is 5. The van der Waals surface area contributed by atoms with Crippen LogP contribution in [-0.2, 0) is 5.54 Å². The second-order valence-electron chi connectivity index (χ2n) is 5.37. The number of ether oxygens (including phenoxy) is 1. The van der Waals surface area contributed by atoms with Crippen molar-refractivity contribution in [3.05, 3.63) is 30.1 Å². The molecule has 0 spiro atoms. The minimum atomic E-state index is -0.432. The number of nitrogens with zero attached hydrogens (tertiary/aromatic N) is 2. The predicted molar refractivity (Wildman–Crippen MR) is 75.2 cm³/mol. The summed E-state index contributed by atoms with van der Waals surface area (Å²) in [5.41, 5.74) is 6.84. The summed E-state index contributed by atoms with van der Waals surface area (Å²) in [7, 11) is 1.63. The average molecular weight is 273 g/mol. The zero-order valence-electron chi connectivity index (χ0n) is 11.6. The largest absolute Gasteiger partial charge is 0.497 e. The molecule has 1 fully saturated rings. The third-order valence-corrected chi connectivity index (χ3v) is 3.93. The molecule has 1 aromatic heterocycles. The van der Waals surface area contributed by atoms with Crippen LogP contribution in [0.5, 0.6) is 5.75 Å². The van der Waals surface area contributed by atoms with Crippen LogP contribution in [0.25, 0.3) is 11.5 Å². The Hall–Kier alpha value is -1.88. The molecule has 5 nitrogen and oxygen atoms in total. The van der Waals surface area contributed by atoms with E-state index in [0.717, 1.165) is 37.0 Å². The SMILES string of the molecule is COc1cccc(-c2nc(C3(N)CCCCC3)no2)c1. The van der Waals surface area contributed by atoms with Gasteiger partial charge in [0, 0.05) is 5.56 Å². The fourth-order valence-corrected chi connectivity index (χ4v) is 2.71. The third kappa shape index (κ3) is 2.41. The Labute approximate surface area is 118 Å². The van der Waals surface area contributed by atoms with Gasteiger partial charge in [-0.15, -0.1) is 0 Å². The van der Waals surface area contributed by atoms with E-state index in [1.165, 1.54) is 6.42 Å². The standard InChI is InChI=1S/C15H19N3O2/c1-19-12-7-5-6-11(10-12)13-17-14(18-20-13)15(16)8-3-2-4-9-15/h5-7,10H,2-4,8-9,16H2,1H3. The Balaban J connectivity index is 1.89. The maximum absolute atomic E-state index is 6.42. The lowest BCUT2D eigenvalue weighted by molar-refractivity contribution is 0.275. The van der Waals surface area contributed by atoms with E-state index >= 15 is 0 Å². The number of benzene rings is 1. The Morgan fingerprint density at radius 3 is 2.80 bits per heavy atom. The predicted octanol–water partition coefficient (Wildman–Crippen LogP) is 2.86. The highest BCUT2D eigenvalue weighted by Gasteiger charge is 2.34. The van der Waals surface area contributed by atoms with Crippen LogP contribution in [0.4, 0.5) is 0 Å². The lowest BCUT2D eigenvalue weighted by Gasteiger charge is -2.29. The van der Waals surface area contributed by atoms with Crippen molar-refractivity contribution in [1.29, 1.82) is 0 Å². The van der Waals surface area contributed by atoms with Crippen LogP contribution in [0.15, 0.2) is 28.8 Å². The molecule has 0 unspecified atom stereocenters. The van der Waals surface area contributed by atoms with Gasteiger partial charge in [-0.3, -0.25) is 0 Å². The summed E-state index contributed by atoms with van der Waals surface area (Å²) in [4.78, 5) is 4.49. The highest BCUT2D eigenvalue weighted by molar-refractivity contribution is 5.55. The molecule has 2 N–H and O–H groups in total. The van der Waals surface area contributed by atoms with E-state index in [4.69, 9.17) is 15.0 Å². The molecular formula is C15H19N3O2. The number of nitrogens with two attached hydrogens (primary N) is 1. The number of methoxy groups -OCH3 is 1. The monoisotopic (exact) mass is 273 g/mol. The molecule has 0 amide bonds. The number of rotatable bonds is 3. The van der Waals surface area contributed by atoms with Crippen molar-refractivity contribution in [2.24, 2.45) is 5.73 Å². The summed E-state index contributed by atoms with van der Waals surface area (Å²) in [5.74, 6) is 1.88. The molecule has 1 aliphatic carbocycles. The second kappa shape index (κ2) is 5.25. The topological polar surface area (TPSA) is 74.2 Å². The van der Waals surface area contributed by atoms with Crippen molar-refractivity contribution in [1.82, 2.24) is 10.1 Å². The van der Waals surface area contributed by atoms with E-state index in [0.29, 0.717) is 11.7 Å². The first-order chi connectivity index (χ1) is 9.71. The summed E-state index contributed by atoms with van der Waals surface area (Å²) in [6.07, 6.45) is 5.33. The molecule has 5 heteroatoms. The Kier molecular flexibility index (Phi) is 3.44. The molecule has 0 bridgehead atoms. The van der Waals surface area contributed by atoms with Gasteiger partial charge in [-0.25, -0.2) is 0 Å². The summed E-state index contributed by atoms with van der Waals surface area (Å²) >= 11 is 0. The molecule has 20 heavy (non-hydrogen) atoms. The molecule has 0 aliphatic heterocycles. The Morgan fingerprint density at radius 1 is 1.25 bits per heavy atom. The summed E-state index contributed by atoms with van der Waals surface area (Å²) in [6, 6.07) is 7.58. The fraction of sp³-hybridized carbons (Fsp3) is 0.467. The van der Waals surface area contributed by atoms with E-state index in [1.807, 2.05) is 24.3 Å². The van der Waals surface area contributed by atoms with Crippen LogP contribution in [0, 0.1) is 0 Å². The van der Waals surface area contributed by atoms with Crippen molar-refractivity contribution in [2.75, 3.05) is 7.11 Å². The van der Waals surface area contributed by atoms with E-state index in [2.05, 4.69) is 10.1 Å². The van der Waals surface area contributed by atoms with Gasteiger partial charge >= 0.3 is 0 Å². The molecular weight excluding hydrogens is 254 g/mol. The molecule has 1 aliphatic rings. The van der Waals surface area contributed by atoms with E-state index in [-0.39, 0.29) is 0 Å². The summed E-state index contributed by atoms with van der Waals surface area (Å²) in [6.45, 7) is 0. The summed E-state index contributed by atoms with van der Waals surface area (Å²) < 4.78 is 10.6. The third-order valence-electron chi connectivity index (χ3n) is 3.93. The van der Waals surface area contributed by atoms with Gasteiger partial charge in [0.2, 0.25) is 0 Å². The van der Waals surface area contributed by atoms with Gasteiger partial charge < -0.3 is 15.0 Å². The van der Waals surface area contributed by atoms with E-state index in [1.54, 1.807) is 7.11 Å². The summed E-state index contributed by atoms with van der Waals surface area (Å²) in [5, 5.41) is 4.09. The van der Waals surface area contributed by atoms with Crippen LogP contribution >= 0.6 is 0 Å². The van der Waals surface area contributed by atoms with Gasteiger partial charge in [0.05, 0.1) is 12.6 Å². The maximum Gasteiger partial charge on any atom is 0.258 e.